The normalized spacial score (nSPS) is 16.3. The van der Waals surface area contributed by atoms with Crippen LogP contribution >= 0.6 is 23.2 Å². The van der Waals surface area contributed by atoms with Crippen molar-refractivity contribution in [3.8, 4) is 5.75 Å². The Morgan fingerprint density at radius 3 is 2.58 bits per heavy atom. The molecule has 2 aromatic rings. The summed E-state index contributed by atoms with van der Waals surface area (Å²) in [5.74, 6) is 0.760. The topological polar surface area (TPSA) is 113 Å². The number of piperidine rings is 1. The van der Waals surface area contributed by atoms with Crippen LogP contribution in [0.1, 0.15) is 31.5 Å². The summed E-state index contributed by atoms with van der Waals surface area (Å²) in [4.78, 5) is 19.4. The Kier molecular flexibility index (Phi) is 9.27. The Bertz CT molecular complexity index is 1020. The van der Waals surface area contributed by atoms with Crippen molar-refractivity contribution in [2.45, 2.75) is 44.2 Å². The van der Waals surface area contributed by atoms with Gasteiger partial charge in [0, 0.05) is 36.9 Å². The predicted molar refractivity (Wildman–Crippen MR) is 124 cm³/mol. The number of benzene rings is 1. The molecule has 1 unspecified atom stereocenters. The summed E-state index contributed by atoms with van der Waals surface area (Å²) in [5.41, 5.74) is 0. The Morgan fingerprint density at radius 2 is 1.94 bits per heavy atom. The highest BCUT2D eigenvalue weighted by molar-refractivity contribution is 7.89. The first-order valence-corrected chi connectivity index (χ1v) is 12.9. The summed E-state index contributed by atoms with van der Waals surface area (Å²) < 4.78 is 33.2. The third-order valence-corrected chi connectivity index (χ3v) is 7.91. The number of aromatic nitrogens is 2. The van der Waals surface area contributed by atoms with Crippen LogP contribution < -0.4 is 4.74 Å². The molecule has 12 heteroatoms. The highest BCUT2D eigenvalue weighted by Crippen LogP contribution is 2.30. The van der Waals surface area contributed by atoms with Gasteiger partial charge in [-0.1, -0.05) is 23.2 Å². The quantitative estimate of drug-likeness (QED) is 0.277. The first-order valence-electron chi connectivity index (χ1n) is 10.6. The number of hydroxylamine groups is 2. The summed E-state index contributed by atoms with van der Waals surface area (Å²) in [5, 5.41) is 11.3. The van der Waals surface area contributed by atoms with E-state index in [1.54, 1.807) is 36.7 Å². The minimum atomic E-state index is -3.70. The van der Waals surface area contributed by atoms with Gasteiger partial charge in [0.1, 0.15) is 17.7 Å². The van der Waals surface area contributed by atoms with Crippen LogP contribution in [-0.2, 0) is 21.2 Å². The number of carbonyl (C=O) groups is 1. The molecule has 1 aromatic carbocycles. The van der Waals surface area contributed by atoms with Gasteiger partial charge in [0.2, 0.25) is 16.4 Å². The van der Waals surface area contributed by atoms with Crippen molar-refractivity contribution >= 4 is 39.6 Å². The van der Waals surface area contributed by atoms with Crippen LogP contribution in [0.2, 0.25) is 10.0 Å². The lowest BCUT2D eigenvalue weighted by molar-refractivity contribution is -0.158. The van der Waals surface area contributed by atoms with Crippen molar-refractivity contribution < 1.29 is 23.2 Å². The molecule has 0 radical (unpaired) electrons. The zero-order valence-corrected chi connectivity index (χ0v) is 20.2. The molecule has 180 valence electrons. The van der Waals surface area contributed by atoms with Crippen molar-refractivity contribution in [2.24, 2.45) is 0 Å². The van der Waals surface area contributed by atoms with Crippen LogP contribution in [0.15, 0.2) is 36.7 Å². The first kappa shape index (κ1) is 25.6. The molecule has 1 fully saturated rings. The number of rotatable bonds is 11. The molecule has 1 amide bonds. The molecule has 1 aliphatic rings. The Morgan fingerprint density at radius 1 is 1.24 bits per heavy atom. The fourth-order valence-corrected chi connectivity index (χ4v) is 5.90. The van der Waals surface area contributed by atoms with Gasteiger partial charge in [-0.3, -0.25) is 10.0 Å². The van der Waals surface area contributed by atoms with Crippen LogP contribution in [0.3, 0.4) is 0 Å². The molecule has 33 heavy (non-hydrogen) atoms. The minimum absolute atomic E-state index is 0.180. The number of hydrogen-bond acceptors (Lipinski definition) is 7. The molecule has 1 aliphatic heterocycles. The second kappa shape index (κ2) is 11.9. The molecule has 9 nitrogen and oxygen atoms in total. The van der Waals surface area contributed by atoms with Gasteiger partial charge < -0.3 is 4.74 Å². The van der Waals surface area contributed by atoms with Crippen molar-refractivity contribution in [2.75, 3.05) is 18.8 Å². The van der Waals surface area contributed by atoms with Gasteiger partial charge in [0.05, 0.1) is 16.8 Å². The van der Waals surface area contributed by atoms with E-state index in [1.807, 2.05) is 0 Å². The number of aryl methyl sites for hydroxylation is 1. The minimum Gasteiger partial charge on any atom is -0.489 e. The van der Waals surface area contributed by atoms with E-state index >= 15 is 0 Å². The highest BCUT2D eigenvalue weighted by atomic mass is 35.5. The molecule has 0 spiro atoms. The molecule has 3 rings (SSSR count). The Balaban J connectivity index is 1.53. The largest absolute Gasteiger partial charge is 0.489 e. The lowest BCUT2D eigenvalue weighted by Crippen LogP contribution is -2.47. The summed E-state index contributed by atoms with van der Waals surface area (Å²) in [6.45, 7) is 0.546. The number of hydrogen-bond donors (Lipinski definition) is 1. The van der Waals surface area contributed by atoms with Crippen LogP contribution in [0, 0.1) is 0 Å². The second-order valence-electron chi connectivity index (χ2n) is 7.77. The smallest absolute Gasteiger partial charge is 0.233 e. The number of carbonyl (C=O) groups excluding carboxylic acids is 1. The first-order chi connectivity index (χ1) is 15.8. The molecule has 1 N–H and O–H groups in total. The van der Waals surface area contributed by atoms with E-state index in [-0.39, 0.29) is 31.4 Å². The molecular weight excluding hydrogens is 491 g/mol. The number of nitrogens with zero attached hydrogens (tertiary/aromatic N) is 4. The summed E-state index contributed by atoms with van der Waals surface area (Å²) in [6, 6.07) is 5.81. The third kappa shape index (κ3) is 7.51. The van der Waals surface area contributed by atoms with Crippen LogP contribution in [-0.4, -0.2) is 70.4 Å². The lowest BCUT2D eigenvalue weighted by atomic mass is 10.1. The third-order valence-electron chi connectivity index (χ3n) is 5.42. The van der Waals surface area contributed by atoms with Crippen molar-refractivity contribution in [1.82, 2.24) is 19.3 Å². The molecule has 1 atom stereocenters. The predicted octanol–water partition coefficient (Wildman–Crippen LogP) is 3.20. The van der Waals surface area contributed by atoms with Crippen molar-refractivity contribution in [3.63, 3.8) is 0 Å². The SMILES string of the molecule is O=CN(O)C(CCCc1ncccn1)CS(=O)(=O)N1CCC(Oc2ccc(Cl)cc2Cl)CC1. The Labute approximate surface area is 203 Å². The van der Waals surface area contributed by atoms with E-state index in [2.05, 4.69) is 9.97 Å². The highest BCUT2D eigenvalue weighted by Gasteiger charge is 2.32. The van der Waals surface area contributed by atoms with Gasteiger partial charge in [-0.2, -0.15) is 0 Å². The summed E-state index contributed by atoms with van der Waals surface area (Å²) in [6.07, 6.45) is 5.62. The van der Waals surface area contributed by atoms with Gasteiger partial charge in [-0.05, 0) is 49.9 Å². The van der Waals surface area contributed by atoms with Crippen molar-refractivity contribution in [1.29, 1.82) is 0 Å². The number of sulfonamides is 1. The number of amides is 1. The Hall–Kier alpha value is -1.98. The fraction of sp³-hybridized carbons (Fsp3) is 0.476. The van der Waals surface area contributed by atoms with Gasteiger partial charge in [-0.25, -0.2) is 27.8 Å². The van der Waals surface area contributed by atoms with Gasteiger partial charge in [0.25, 0.3) is 0 Å². The van der Waals surface area contributed by atoms with E-state index in [4.69, 9.17) is 27.9 Å². The molecule has 2 heterocycles. The molecule has 0 aliphatic carbocycles. The van der Waals surface area contributed by atoms with E-state index in [0.717, 1.165) is 0 Å². The van der Waals surface area contributed by atoms with Crippen LogP contribution in [0.25, 0.3) is 0 Å². The summed E-state index contributed by atoms with van der Waals surface area (Å²) in [7, 11) is -3.70. The van der Waals surface area contributed by atoms with E-state index < -0.39 is 16.1 Å². The molecule has 0 bridgehead atoms. The number of halogens is 2. The van der Waals surface area contributed by atoms with Gasteiger partial charge >= 0.3 is 0 Å². The zero-order chi connectivity index (χ0) is 23.8. The van der Waals surface area contributed by atoms with E-state index in [1.165, 1.54) is 4.31 Å². The molecule has 0 saturated carbocycles. The number of ether oxygens (including phenoxy) is 1. The maximum absolute atomic E-state index is 13.0. The fourth-order valence-electron chi connectivity index (χ4n) is 3.66. The van der Waals surface area contributed by atoms with Crippen molar-refractivity contribution in [3.05, 3.63) is 52.5 Å². The van der Waals surface area contributed by atoms with Crippen LogP contribution in [0.5, 0.6) is 5.75 Å². The van der Waals surface area contributed by atoms with E-state index in [9.17, 15) is 18.4 Å². The standard InChI is InChI=1S/C21H26Cl2N4O5S/c22-16-5-6-20(19(23)13-16)32-18-7-11-26(12-8-18)33(30,31)14-17(27(29)15-28)3-1-4-21-24-9-2-10-25-21/h2,5-6,9-10,13,15,17-18,29H,1,3-4,7-8,11-12,14H2. The second-order valence-corrected chi connectivity index (χ2v) is 10.6. The zero-order valence-electron chi connectivity index (χ0n) is 17.9. The van der Waals surface area contributed by atoms with Crippen LogP contribution in [0.4, 0.5) is 0 Å². The average molecular weight is 517 g/mol. The van der Waals surface area contributed by atoms with Gasteiger partial charge in [-0.15, -0.1) is 0 Å². The monoisotopic (exact) mass is 516 g/mol. The lowest BCUT2D eigenvalue weighted by Gasteiger charge is -2.33. The molecule has 1 aromatic heterocycles. The maximum Gasteiger partial charge on any atom is 0.233 e. The summed E-state index contributed by atoms with van der Waals surface area (Å²) >= 11 is 12.1. The molecular formula is C21H26Cl2N4O5S. The van der Waals surface area contributed by atoms with E-state index in [0.29, 0.717) is 58.8 Å². The van der Waals surface area contributed by atoms with Gasteiger partial charge in [0.15, 0.2) is 0 Å². The average Bonchev–Trinajstić information content (AvgIpc) is 2.80. The maximum atomic E-state index is 13.0. The molecule has 1 saturated heterocycles.